The van der Waals surface area contributed by atoms with E-state index in [1.807, 2.05) is 35.0 Å². The van der Waals surface area contributed by atoms with Crippen molar-refractivity contribution in [1.29, 1.82) is 0 Å². The minimum absolute atomic E-state index is 0.00203. The van der Waals surface area contributed by atoms with Gasteiger partial charge in [0.15, 0.2) is 11.4 Å². The number of hydrogen-bond donors (Lipinski definition) is 0. The molecule has 2 aromatic heterocycles. The molecule has 0 spiro atoms. The molecule has 1 amide bonds. The Labute approximate surface area is 181 Å². The van der Waals surface area contributed by atoms with Crippen LogP contribution in [0.5, 0.6) is 0 Å². The Bertz CT molecular complexity index is 1340. The molecule has 158 valence electrons. The second-order valence-corrected chi connectivity index (χ2v) is 7.89. The Balaban J connectivity index is 1.40. The maximum Gasteiger partial charge on any atom is 0.420 e. The molecule has 0 saturated carbocycles. The van der Waals surface area contributed by atoms with E-state index in [9.17, 15) is 14.0 Å². The summed E-state index contributed by atoms with van der Waals surface area (Å²) in [5, 5.41) is 0.653. The van der Waals surface area contributed by atoms with Gasteiger partial charge in [0.1, 0.15) is 17.9 Å². The summed E-state index contributed by atoms with van der Waals surface area (Å²) in [5.41, 5.74) is 1.87. The van der Waals surface area contributed by atoms with E-state index in [0.717, 1.165) is 34.6 Å². The van der Waals surface area contributed by atoms with Crippen molar-refractivity contribution < 1.29 is 13.6 Å². The highest BCUT2D eigenvalue weighted by atomic mass is 35.5. The number of benzene rings is 2. The van der Waals surface area contributed by atoms with Gasteiger partial charge in [0.2, 0.25) is 5.91 Å². The molecule has 31 heavy (non-hydrogen) atoms. The van der Waals surface area contributed by atoms with Crippen molar-refractivity contribution >= 4 is 28.6 Å². The summed E-state index contributed by atoms with van der Waals surface area (Å²) in [6, 6.07) is 11.6. The number of rotatable bonds is 3. The molecule has 0 aliphatic carbocycles. The van der Waals surface area contributed by atoms with Crippen LogP contribution in [0.15, 0.2) is 57.9 Å². The van der Waals surface area contributed by atoms with E-state index < -0.39 is 11.6 Å². The Morgan fingerprint density at radius 2 is 1.97 bits per heavy atom. The maximum atomic E-state index is 14.2. The molecular formula is C22H18ClFN4O3. The summed E-state index contributed by atoms with van der Waals surface area (Å²) < 4.78 is 22.4. The molecule has 0 N–H and O–H groups in total. The van der Waals surface area contributed by atoms with Gasteiger partial charge in [-0.25, -0.2) is 14.2 Å². The lowest BCUT2D eigenvalue weighted by atomic mass is 10.2. The number of oxazole rings is 1. The van der Waals surface area contributed by atoms with Gasteiger partial charge in [-0.05, 0) is 30.7 Å². The number of nitrogens with zero attached hydrogens (tertiary/aromatic N) is 4. The first-order valence-electron chi connectivity index (χ1n) is 9.87. The number of fused-ring (bicyclic) bond motifs is 2. The van der Waals surface area contributed by atoms with Crippen LogP contribution in [-0.4, -0.2) is 31.5 Å². The van der Waals surface area contributed by atoms with Crippen LogP contribution in [0.2, 0.25) is 5.02 Å². The first-order valence-corrected chi connectivity index (χ1v) is 10.2. The number of aryl methyl sites for hydroxylation is 1. The second kappa shape index (κ2) is 7.70. The summed E-state index contributed by atoms with van der Waals surface area (Å²) in [6.07, 6.45) is 2.71. The van der Waals surface area contributed by atoms with Crippen LogP contribution in [0.3, 0.4) is 0 Å². The molecular weight excluding hydrogens is 423 g/mol. The highest BCUT2D eigenvalue weighted by Crippen LogP contribution is 2.23. The predicted octanol–water partition coefficient (Wildman–Crippen LogP) is 3.68. The lowest BCUT2D eigenvalue weighted by Gasteiger charge is -2.19. The molecule has 9 heteroatoms. The van der Waals surface area contributed by atoms with Crippen molar-refractivity contribution in [3.63, 3.8) is 0 Å². The lowest BCUT2D eigenvalue weighted by Crippen LogP contribution is -2.35. The molecule has 0 radical (unpaired) electrons. The average molecular weight is 441 g/mol. The van der Waals surface area contributed by atoms with Crippen LogP contribution in [0, 0.1) is 5.82 Å². The van der Waals surface area contributed by atoms with E-state index in [1.165, 1.54) is 18.2 Å². The van der Waals surface area contributed by atoms with E-state index in [2.05, 4.69) is 0 Å². The maximum absolute atomic E-state index is 14.2. The summed E-state index contributed by atoms with van der Waals surface area (Å²) in [4.78, 5) is 31.5. The number of carbonyl (C=O) groups is 1. The van der Waals surface area contributed by atoms with Crippen molar-refractivity contribution in [3.8, 4) is 11.3 Å². The van der Waals surface area contributed by atoms with Crippen molar-refractivity contribution in [1.82, 2.24) is 19.0 Å². The minimum Gasteiger partial charge on any atom is -0.408 e. The summed E-state index contributed by atoms with van der Waals surface area (Å²) >= 11 is 5.97. The van der Waals surface area contributed by atoms with Gasteiger partial charge in [0.05, 0.1) is 12.2 Å². The van der Waals surface area contributed by atoms with Gasteiger partial charge in [0.25, 0.3) is 0 Å². The number of aromatic nitrogens is 3. The van der Waals surface area contributed by atoms with Gasteiger partial charge < -0.3 is 13.9 Å². The molecule has 1 aliphatic heterocycles. The monoisotopic (exact) mass is 440 g/mol. The molecule has 2 aromatic carbocycles. The smallest absolute Gasteiger partial charge is 0.408 e. The summed E-state index contributed by atoms with van der Waals surface area (Å²) in [5.74, 6) is -0.895. The standard InChI is InChI=1S/C22H18ClFN4O3/c23-15-7-5-14(6-8-15)17-11-26-9-2-10-27(12-19(26)25-17)20(29)13-28-21-16(24)3-1-4-18(21)31-22(28)30/h1,3-8,11H,2,9-10,12-13H2. The van der Waals surface area contributed by atoms with Crippen LogP contribution in [0.4, 0.5) is 4.39 Å². The molecule has 0 bridgehead atoms. The zero-order chi connectivity index (χ0) is 21.5. The highest BCUT2D eigenvalue weighted by molar-refractivity contribution is 6.30. The van der Waals surface area contributed by atoms with Gasteiger partial charge >= 0.3 is 5.76 Å². The van der Waals surface area contributed by atoms with E-state index in [-0.39, 0.29) is 23.6 Å². The van der Waals surface area contributed by atoms with Gasteiger partial charge in [-0.2, -0.15) is 0 Å². The third-order valence-corrected chi connectivity index (χ3v) is 5.69. The first kappa shape index (κ1) is 19.6. The summed E-state index contributed by atoms with van der Waals surface area (Å²) in [6.45, 7) is 1.26. The molecule has 1 aliphatic rings. The van der Waals surface area contributed by atoms with Crippen molar-refractivity contribution in [3.05, 3.63) is 75.9 Å². The molecule has 5 rings (SSSR count). The Kier molecular flexibility index (Phi) is 4.86. The second-order valence-electron chi connectivity index (χ2n) is 7.45. The average Bonchev–Trinajstić information content (AvgIpc) is 3.22. The van der Waals surface area contributed by atoms with Crippen LogP contribution in [0.1, 0.15) is 12.2 Å². The first-order chi connectivity index (χ1) is 15.0. The quantitative estimate of drug-likeness (QED) is 0.487. The predicted molar refractivity (Wildman–Crippen MR) is 113 cm³/mol. The zero-order valence-electron chi connectivity index (χ0n) is 16.4. The largest absolute Gasteiger partial charge is 0.420 e. The zero-order valence-corrected chi connectivity index (χ0v) is 17.2. The Morgan fingerprint density at radius 1 is 1.16 bits per heavy atom. The third kappa shape index (κ3) is 3.63. The minimum atomic E-state index is -0.755. The Morgan fingerprint density at radius 3 is 2.77 bits per heavy atom. The van der Waals surface area contributed by atoms with Crippen molar-refractivity contribution in [2.75, 3.05) is 6.54 Å². The fraction of sp³-hybridized carbons (Fsp3) is 0.227. The van der Waals surface area contributed by atoms with Gasteiger partial charge in [-0.1, -0.05) is 29.8 Å². The molecule has 3 heterocycles. The number of amides is 1. The molecule has 0 saturated heterocycles. The number of carbonyl (C=O) groups excluding carboxylic acids is 1. The van der Waals surface area contributed by atoms with Gasteiger partial charge in [-0.15, -0.1) is 0 Å². The van der Waals surface area contributed by atoms with Crippen LogP contribution in [0.25, 0.3) is 22.4 Å². The number of halogens is 2. The molecule has 0 atom stereocenters. The topological polar surface area (TPSA) is 73.3 Å². The van der Waals surface area contributed by atoms with Crippen LogP contribution >= 0.6 is 11.6 Å². The Hall–Kier alpha value is -3.39. The van der Waals surface area contributed by atoms with E-state index >= 15 is 0 Å². The van der Waals surface area contributed by atoms with Gasteiger partial charge in [-0.3, -0.25) is 9.36 Å². The number of para-hydroxylation sites is 1. The summed E-state index contributed by atoms with van der Waals surface area (Å²) in [7, 11) is 0. The number of hydrogen-bond acceptors (Lipinski definition) is 4. The van der Waals surface area contributed by atoms with Crippen LogP contribution < -0.4 is 5.76 Å². The van der Waals surface area contributed by atoms with Crippen LogP contribution in [-0.2, 0) is 24.4 Å². The van der Waals surface area contributed by atoms with E-state index in [1.54, 1.807) is 4.90 Å². The fourth-order valence-electron chi connectivity index (χ4n) is 3.89. The van der Waals surface area contributed by atoms with E-state index in [0.29, 0.717) is 18.1 Å². The lowest BCUT2D eigenvalue weighted by molar-refractivity contribution is -0.132. The van der Waals surface area contributed by atoms with E-state index in [4.69, 9.17) is 21.0 Å². The molecule has 4 aromatic rings. The number of imidazole rings is 1. The molecule has 0 fully saturated rings. The van der Waals surface area contributed by atoms with Crippen molar-refractivity contribution in [2.24, 2.45) is 0 Å². The SMILES string of the molecule is O=C(Cn1c(=O)oc2cccc(F)c21)N1CCCn2cc(-c3ccc(Cl)cc3)nc2C1. The normalized spacial score (nSPS) is 13.9. The van der Waals surface area contributed by atoms with Gasteiger partial charge in [0, 0.05) is 29.9 Å². The molecule has 0 unspecified atom stereocenters. The van der Waals surface area contributed by atoms with Crippen molar-refractivity contribution in [2.45, 2.75) is 26.1 Å². The highest BCUT2D eigenvalue weighted by Gasteiger charge is 2.24. The fourth-order valence-corrected chi connectivity index (χ4v) is 4.01. The third-order valence-electron chi connectivity index (χ3n) is 5.44. The molecule has 7 nitrogen and oxygen atoms in total.